The molecule has 0 aliphatic carbocycles. The lowest BCUT2D eigenvalue weighted by Gasteiger charge is -2.32. The third-order valence-corrected chi connectivity index (χ3v) is 4.77. The molecule has 2 rings (SSSR count). The van der Waals surface area contributed by atoms with Crippen molar-refractivity contribution in [2.24, 2.45) is 0 Å². The van der Waals surface area contributed by atoms with Gasteiger partial charge in [0.15, 0.2) is 0 Å². The molecule has 156 valence electrons. The van der Waals surface area contributed by atoms with Gasteiger partial charge in [-0.25, -0.2) is 0 Å². The number of alkyl halides is 3. The van der Waals surface area contributed by atoms with Crippen molar-refractivity contribution in [2.45, 2.75) is 32.0 Å². The first-order chi connectivity index (χ1) is 13.7. The topological polar surface area (TPSA) is 76.3 Å². The highest BCUT2D eigenvalue weighted by molar-refractivity contribution is 7.99. The van der Waals surface area contributed by atoms with Gasteiger partial charge in [-0.3, -0.25) is 24.8 Å². The number of thioether (sulfide) groups is 1. The molecule has 0 radical (unpaired) electrons. The maximum Gasteiger partial charge on any atom is 0.416 e. The summed E-state index contributed by atoms with van der Waals surface area (Å²) in [6, 6.07) is 5.05. The Morgan fingerprint density at radius 2 is 2.07 bits per heavy atom. The number of nitrogens with zero attached hydrogens (tertiary/aromatic N) is 3. The molecule has 0 saturated carbocycles. The van der Waals surface area contributed by atoms with Gasteiger partial charge in [0.25, 0.3) is 5.69 Å². The zero-order valence-corrected chi connectivity index (χ0v) is 16.7. The molecule has 1 aromatic heterocycles. The molecule has 0 bridgehead atoms. The van der Waals surface area contributed by atoms with Crippen molar-refractivity contribution >= 4 is 29.0 Å². The fourth-order valence-corrected chi connectivity index (χ4v) is 3.40. The van der Waals surface area contributed by atoms with E-state index in [1.54, 1.807) is 30.8 Å². The van der Waals surface area contributed by atoms with Crippen LogP contribution in [0.3, 0.4) is 0 Å². The van der Waals surface area contributed by atoms with Crippen molar-refractivity contribution in [2.75, 3.05) is 16.9 Å². The number of nitro benzene ring substituents is 1. The lowest BCUT2D eigenvalue weighted by Crippen LogP contribution is -2.37. The minimum Gasteiger partial charge on any atom is -0.298 e. The van der Waals surface area contributed by atoms with Gasteiger partial charge in [-0.2, -0.15) is 24.9 Å². The van der Waals surface area contributed by atoms with E-state index in [-0.39, 0.29) is 11.4 Å². The lowest BCUT2D eigenvalue weighted by atomic mass is 10.0. The molecule has 0 fully saturated rings. The number of aromatic nitrogens is 1. The smallest absolute Gasteiger partial charge is 0.298 e. The summed E-state index contributed by atoms with van der Waals surface area (Å²) in [6.07, 6.45) is 1.19. The molecule has 1 heterocycles. The van der Waals surface area contributed by atoms with Crippen molar-refractivity contribution in [1.29, 1.82) is 0 Å². The van der Waals surface area contributed by atoms with Gasteiger partial charge in [-0.05, 0) is 36.4 Å². The summed E-state index contributed by atoms with van der Waals surface area (Å²) in [5.41, 5.74) is -1.42. The first-order valence-corrected chi connectivity index (χ1v) is 10.2. The zero-order valence-electron chi connectivity index (χ0n) is 15.8. The number of nitro groups is 1. The fourth-order valence-electron chi connectivity index (χ4n) is 3.01. The largest absolute Gasteiger partial charge is 0.416 e. The summed E-state index contributed by atoms with van der Waals surface area (Å²) < 4.78 is 39.2. The van der Waals surface area contributed by atoms with Crippen LogP contribution in [0, 0.1) is 10.1 Å². The van der Waals surface area contributed by atoms with Crippen LogP contribution in [-0.4, -0.2) is 27.8 Å². The van der Waals surface area contributed by atoms with Crippen molar-refractivity contribution in [3.05, 3.63) is 64.0 Å². The van der Waals surface area contributed by atoms with Crippen molar-refractivity contribution < 1.29 is 22.9 Å². The number of benzene rings is 1. The number of amides is 1. The van der Waals surface area contributed by atoms with Crippen LogP contribution in [-0.2, 0) is 11.0 Å². The summed E-state index contributed by atoms with van der Waals surface area (Å²) in [6.45, 7) is 1.89. The number of halogens is 3. The van der Waals surface area contributed by atoms with Gasteiger partial charge in [0.05, 0.1) is 22.3 Å². The Morgan fingerprint density at radius 1 is 1.34 bits per heavy atom. The molecule has 1 atom stereocenters. The molecular formula is C19H20F3N3O3S. The van der Waals surface area contributed by atoms with Gasteiger partial charge >= 0.3 is 6.18 Å². The van der Waals surface area contributed by atoms with Gasteiger partial charge in [-0.15, -0.1) is 0 Å². The third-order valence-electron chi connectivity index (χ3n) is 4.24. The van der Waals surface area contributed by atoms with Crippen molar-refractivity contribution in [3.8, 4) is 0 Å². The van der Waals surface area contributed by atoms with Crippen LogP contribution in [0.25, 0.3) is 0 Å². The Bertz CT molecular complexity index is 863. The van der Waals surface area contributed by atoms with Crippen LogP contribution in [0.2, 0.25) is 0 Å². The van der Waals surface area contributed by atoms with E-state index in [9.17, 15) is 28.1 Å². The Balaban J connectivity index is 2.69. The van der Waals surface area contributed by atoms with E-state index in [1.165, 1.54) is 16.7 Å². The van der Waals surface area contributed by atoms with E-state index < -0.39 is 34.3 Å². The highest BCUT2D eigenvalue weighted by atomic mass is 32.2. The molecule has 1 unspecified atom stereocenters. The fraction of sp³-hybridized carbons (Fsp3) is 0.368. The molecule has 29 heavy (non-hydrogen) atoms. The van der Waals surface area contributed by atoms with Crippen LogP contribution >= 0.6 is 11.8 Å². The standard InChI is InChI=1S/C19H20F3N3O3S/c1-3-5-15(13-6-4-9-23-11-13)24(18(26)12-29-2)16-8-7-14(19(20,21)22)10-17(16)25(27)28/h4,6-11,15H,3,5,12H2,1-2H3. The second kappa shape index (κ2) is 9.73. The lowest BCUT2D eigenvalue weighted by molar-refractivity contribution is -0.384. The van der Waals surface area contributed by atoms with Crippen LogP contribution in [0.5, 0.6) is 0 Å². The SMILES string of the molecule is CCCC(c1cccnc1)N(C(=O)CSC)c1ccc(C(F)(F)F)cc1[N+](=O)[O-]. The van der Waals surface area contributed by atoms with Crippen LogP contribution in [0.4, 0.5) is 24.5 Å². The highest BCUT2D eigenvalue weighted by Crippen LogP contribution is 2.40. The van der Waals surface area contributed by atoms with E-state index in [1.807, 2.05) is 6.92 Å². The van der Waals surface area contributed by atoms with Gasteiger partial charge < -0.3 is 0 Å². The van der Waals surface area contributed by atoms with Crippen molar-refractivity contribution in [1.82, 2.24) is 4.98 Å². The summed E-state index contributed by atoms with van der Waals surface area (Å²) >= 11 is 1.23. The van der Waals surface area contributed by atoms with E-state index in [2.05, 4.69) is 4.98 Å². The van der Waals surface area contributed by atoms with Crippen LogP contribution < -0.4 is 4.90 Å². The normalized spacial score (nSPS) is 12.4. The number of carbonyl (C=O) groups is 1. The minimum absolute atomic E-state index is 0.0264. The van der Waals surface area contributed by atoms with E-state index in [0.717, 1.165) is 12.1 Å². The monoisotopic (exact) mass is 427 g/mol. The molecule has 2 aromatic rings. The molecule has 0 aliphatic heterocycles. The summed E-state index contributed by atoms with van der Waals surface area (Å²) in [7, 11) is 0. The quantitative estimate of drug-likeness (QED) is 0.425. The highest BCUT2D eigenvalue weighted by Gasteiger charge is 2.36. The maximum atomic E-state index is 13.1. The van der Waals surface area contributed by atoms with Gasteiger partial charge in [0.1, 0.15) is 5.69 Å². The first-order valence-electron chi connectivity index (χ1n) is 8.77. The minimum atomic E-state index is -4.73. The van der Waals surface area contributed by atoms with Crippen LogP contribution in [0.15, 0.2) is 42.7 Å². The molecule has 6 nitrogen and oxygen atoms in total. The Kier molecular flexibility index (Phi) is 7.60. The second-order valence-electron chi connectivity index (χ2n) is 6.25. The maximum absolute atomic E-state index is 13.1. The second-order valence-corrected chi connectivity index (χ2v) is 7.11. The zero-order chi connectivity index (χ0) is 21.6. The summed E-state index contributed by atoms with van der Waals surface area (Å²) in [4.78, 5) is 28.9. The average molecular weight is 427 g/mol. The molecule has 0 aliphatic rings. The third kappa shape index (κ3) is 5.47. The van der Waals surface area contributed by atoms with E-state index >= 15 is 0 Å². The Hall–Kier alpha value is -2.62. The Labute approximate surface area is 170 Å². The number of hydrogen-bond acceptors (Lipinski definition) is 5. The number of carbonyl (C=O) groups excluding carboxylic acids is 1. The molecule has 0 saturated heterocycles. The summed E-state index contributed by atoms with van der Waals surface area (Å²) in [5.74, 6) is -0.402. The van der Waals surface area contributed by atoms with Gasteiger partial charge in [0.2, 0.25) is 5.91 Å². The Morgan fingerprint density at radius 3 is 2.59 bits per heavy atom. The predicted molar refractivity (Wildman–Crippen MR) is 106 cm³/mol. The number of anilines is 1. The first kappa shape index (κ1) is 22.7. The predicted octanol–water partition coefficient (Wildman–Crippen LogP) is 5.25. The molecule has 1 aromatic carbocycles. The van der Waals surface area contributed by atoms with E-state index in [4.69, 9.17) is 0 Å². The molecule has 10 heteroatoms. The van der Waals surface area contributed by atoms with Crippen molar-refractivity contribution in [3.63, 3.8) is 0 Å². The van der Waals surface area contributed by atoms with Crippen LogP contribution in [0.1, 0.15) is 36.9 Å². The van der Waals surface area contributed by atoms with Gasteiger partial charge in [-0.1, -0.05) is 19.4 Å². The average Bonchev–Trinajstić information content (AvgIpc) is 2.67. The molecule has 0 N–H and O–H groups in total. The molecule has 0 spiro atoms. The number of hydrogen-bond donors (Lipinski definition) is 0. The number of rotatable bonds is 8. The van der Waals surface area contributed by atoms with Gasteiger partial charge in [0, 0.05) is 18.5 Å². The van der Waals surface area contributed by atoms with E-state index in [0.29, 0.717) is 24.5 Å². The summed E-state index contributed by atoms with van der Waals surface area (Å²) in [5, 5.41) is 11.6. The molecular weight excluding hydrogens is 407 g/mol. The molecule has 1 amide bonds. The number of pyridine rings is 1.